The van der Waals surface area contributed by atoms with Gasteiger partial charge < -0.3 is 10.6 Å². The van der Waals surface area contributed by atoms with Crippen LogP contribution in [0.4, 0.5) is 0 Å². The molecule has 1 amide bonds. The average molecular weight is 269 g/mol. The molecular formula is C14H21ClN2O. The Labute approximate surface area is 115 Å². The van der Waals surface area contributed by atoms with E-state index in [0.29, 0.717) is 5.92 Å². The van der Waals surface area contributed by atoms with E-state index in [1.54, 1.807) is 0 Å². The predicted octanol–water partition coefficient (Wildman–Crippen LogP) is 1.94. The maximum Gasteiger partial charge on any atom is 0.225 e. The number of hydrogen-bond donors (Lipinski definition) is 2. The Morgan fingerprint density at radius 2 is 1.89 bits per heavy atom. The predicted molar refractivity (Wildman–Crippen MR) is 76.1 cm³/mol. The van der Waals surface area contributed by atoms with Gasteiger partial charge in [-0.3, -0.25) is 4.79 Å². The van der Waals surface area contributed by atoms with E-state index in [1.165, 1.54) is 5.56 Å². The third-order valence-electron chi connectivity index (χ3n) is 3.60. The van der Waals surface area contributed by atoms with E-state index in [0.717, 1.165) is 13.1 Å². The Bertz CT molecular complexity index is 379. The van der Waals surface area contributed by atoms with E-state index in [9.17, 15) is 4.79 Å². The first-order chi connectivity index (χ1) is 8.18. The van der Waals surface area contributed by atoms with Gasteiger partial charge in [0.25, 0.3) is 0 Å². The largest absolute Gasteiger partial charge is 0.353 e. The highest BCUT2D eigenvalue weighted by Crippen LogP contribution is 2.19. The van der Waals surface area contributed by atoms with Crippen LogP contribution in [0.15, 0.2) is 30.3 Å². The second-order valence-corrected chi connectivity index (χ2v) is 4.85. The molecule has 100 valence electrons. The standard InChI is InChI=1S/C14H20N2O.ClH/c1-10(12-6-4-3-5-7-12)11(2)16-14(17)13-8-15-9-13;/h3-7,10-11,13,15H,8-9H2,1-2H3,(H,16,17);1H. The zero-order valence-electron chi connectivity index (χ0n) is 10.8. The van der Waals surface area contributed by atoms with E-state index in [1.807, 2.05) is 18.2 Å². The van der Waals surface area contributed by atoms with Crippen molar-refractivity contribution in [1.82, 2.24) is 10.6 Å². The van der Waals surface area contributed by atoms with Crippen molar-refractivity contribution < 1.29 is 4.79 Å². The lowest BCUT2D eigenvalue weighted by Gasteiger charge is -2.29. The molecule has 18 heavy (non-hydrogen) atoms. The molecule has 0 aliphatic carbocycles. The molecule has 1 aromatic carbocycles. The highest BCUT2D eigenvalue weighted by Gasteiger charge is 2.27. The monoisotopic (exact) mass is 268 g/mol. The molecule has 2 atom stereocenters. The number of benzene rings is 1. The van der Waals surface area contributed by atoms with Crippen LogP contribution in [0, 0.1) is 5.92 Å². The third kappa shape index (κ3) is 3.47. The molecular weight excluding hydrogens is 248 g/mol. The number of carbonyl (C=O) groups is 1. The molecule has 1 saturated heterocycles. The van der Waals surface area contributed by atoms with Crippen LogP contribution < -0.4 is 10.6 Å². The Balaban J connectivity index is 0.00000162. The van der Waals surface area contributed by atoms with Crippen LogP contribution >= 0.6 is 12.4 Å². The van der Waals surface area contributed by atoms with E-state index in [2.05, 4.69) is 36.6 Å². The topological polar surface area (TPSA) is 41.1 Å². The molecule has 0 radical (unpaired) electrons. The summed E-state index contributed by atoms with van der Waals surface area (Å²) in [6.45, 7) is 5.86. The van der Waals surface area contributed by atoms with E-state index >= 15 is 0 Å². The van der Waals surface area contributed by atoms with Gasteiger partial charge in [-0.15, -0.1) is 12.4 Å². The Morgan fingerprint density at radius 1 is 1.28 bits per heavy atom. The number of amides is 1. The van der Waals surface area contributed by atoms with Gasteiger partial charge in [0.1, 0.15) is 0 Å². The molecule has 2 unspecified atom stereocenters. The van der Waals surface area contributed by atoms with Gasteiger partial charge in [-0.05, 0) is 12.5 Å². The number of hydrogen-bond acceptors (Lipinski definition) is 2. The molecule has 1 aliphatic heterocycles. The van der Waals surface area contributed by atoms with Gasteiger partial charge in [-0.1, -0.05) is 37.3 Å². The summed E-state index contributed by atoms with van der Waals surface area (Å²) < 4.78 is 0. The van der Waals surface area contributed by atoms with Gasteiger partial charge in [0.15, 0.2) is 0 Å². The number of halogens is 1. The fourth-order valence-electron chi connectivity index (χ4n) is 1.99. The zero-order valence-corrected chi connectivity index (χ0v) is 11.7. The van der Waals surface area contributed by atoms with E-state index in [-0.39, 0.29) is 30.3 Å². The molecule has 0 saturated carbocycles. The van der Waals surface area contributed by atoms with Crippen LogP contribution in [0.1, 0.15) is 25.3 Å². The molecule has 3 nitrogen and oxygen atoms in total. The first kappa shape index (κ1) is 15.0. The number of nitrogens with one attached hydrogen (secondary N) is 2. The maximum absolute atomic E-state index is 11.8. The molecule has 0 bridgehead atoms. The summed E-state index contributed by atoms with van der Waals surface area (Å²) in [4.78, 5) is 11.8. The minimum absolute atomic E-state index is 0. The summed E-state index contributed by atoms with van der Waals surface area (Å²) in [5, 5.41) is 6.22. The van der Waals surface area contributed by atoms with Crippen molar-refractivity contribution in [2.24, 2.45) is 5.92 Å². The molecule has 2 N–H and O–H groups in total. The normalized spacial score (nSPS) is 18.1. The molecule has 1 aromatic rings. The van der Waals surface area contributed by atoms with Gasteiger partial charge in [-0.25, -0.2) is 0 Å². The zero-order chi connectivity index (χ0) is 12.3. The van der Waals surface area contributed by atoms with Crippen LogP contribution in [-0.4, -0.2) is 25.0 Å². The van der Waals surface area contributed by atoms with Gasteiger partial charge >= 0.3 is 0 Å². The Kier molecular flexibility index (Phi) is 5.63. The van der Waals surface area contributed by atoms with Gasteiger partial charge in [0.2, 0.25) is 5.91 Å². The lowest BCUT2D eigenvalue weighted by molar-refractivity contribution is -0.127. The summed E-state index contributed by atoms with van der Waals surface area (Å²) in [5.74, 6) is 0.688. The summed E-state index contributed by atoms with van der Waals surface area (Å²) >= 11 is 0. The van der Waals surface area contributed by atoms with Gasteiger partial charge in [0.05, 0.1) is 5.92 Å². The van der Waals surface area contributed by atoms with Crippen molar-refractivity contribution in [3.05, 3.63) is 35.9 Å². The Morgan fingerprint density at radius 3 is 2.39 bits per heavy atom. The minimum atomic E-state index is 0. The second kappa shape index (κ2) is 6.76. The molecule has 1 aliphatic rings. The summed E-state index contributed by atoms with van der Waals surface area (Å²) in [5.41, 5.74) is 1.27. The van der Waals surface area contributed by atoms with Crippen molar-refractivity contribution in [2.75, 3.05) is 13.1 Å². The second-order valence-electron chi connectivity index (χ2n) is 4.85. The minimum Gasteiger partial charge on any atom is -0.353 e. The fraction of sp³-hybridized carbons (Fsp3) is 0.500. The first-order valence-corrected chi connectivity index (χ1v) is 6.24. The highest BCUT2D eigenvalue weighted by molar-refractivity contribution is 5.85. The maximum atomic E-state index is 11.8. The molecule has 1 fully saturated rings. The van der Waals surface area contributed by atoms with Crippen molar-refractivity contribution in [2.45, 2.75) is 25.8 Å². The molecule has 1 heterocycles. The van der Waals surface area contributed by atoms with Crippen molar-refractivity contribution in [3.8, 4) is 0 Å². The van der Waals surface area contributed by atoms with E-state index < -0.39 is 0 Å². The average Bonchev–Trinajstić information content (AvgIpc) is 2.26. The summed E-state index contributed by atoms with van der Waals surface area (Å²) in [7, 11) is 0. The summed E-state index contributed by atoms with van der Waals surface area (Å²) in [6.07, 6.45) is 0. The van der Waals surface area contributed by atoms with E-state index in [4.69, 9.17) is 0 Å². The fourth-order valence-corrected chi connectivity index (χ4v) is 1.99. The summed E-state index contributed by atoms with van der Waals surface area (Å²) in [6, 6.07) is 10.5. The molecule has 2 rings (SSSR count). The quantitative estimate of drug-likeness (QED) is 0.876. The first-order valence-electron chi connectivity index (χ1n) is 6.24. The van der Waals surface area contributed by atoms with Gasteiger partial charge in [0, 0.05) is 25.0 Å². The smallest absolute Gasteiger partial charge is 0.225 e. The van der Waals surface area contributed by atoms with Crippen LogP contribution in [-0.2, 0) is 4.79 Å². The molecule has 0 aromatic heterocycles. The van der Waals surface area contributed by atoms with Crippen molar-refractivity contribution in [3.63, 3.8) is 0 Å². The lowest BCUT2D eigenvalue weighted by Crippen LogP contribution is -2.52. The van der Waals surface area contributed by atoms with Crippen LogP contribution in [0.2, 0.25) is 0 Å². The Hall–Kier alpha value is -1.06. The SMILES string of the molecule is CC(NC(=O)C1CNC1)C(C)c1ccccc1.Cl. The van der Waals surface area contributed by atoms with Gasteiger partial charge in [-0.2, -0.15) is 0 Å². The van der Waals surface area contributed by atoms with Crippen LogP contribution in [0.25, 0.3) is 0 Å². The molecule has 0 spiro atoms. The number of rotatable bonds is 4. The van der Waals surface area contributed by atoms with Crippen LogP contribution in [0.5, 0.6) is 0 Å². The van der Waals surface area contributed by atoms with Crippen molar-refractivity contribution >= 4 is 18.3 Å². The lowest BCUT2D eigenvalue weighted by atomic mass is 9.93. The number of carbonyl (C=O) groups excluding carboxylic acids is 1. The third-order valence-corrected chi connectivity index (χ3v) is 3.60. The highest BCUT2D eigenvalue weighted by atomic mass is 35.5. The molecule has 4 heteroatoms. The van der Waals surface area contributed by atoms with Crippen LogP contribution in [0.3, 0.4) is 0 Å². The van der Waals surface area contributed by atoms with Crippen molar-refractivity contribution in [1.29, 1.82) is 0 Å².